The van der Waals surface area contributed by atoms with E-state index in [9.17, 15) is 0 Å². The monoisotopic (exact) mass is 152 g/mol. The molecule has 1 aromatic heterocycles. The molecule has 2 N–H and O–H groups in total. The second-order valence-corrected chi connectivity index (χ2v) is 1.92. The third kappa shape index (κ3) is 2.59. The molecule has 0 atom stereocenters. The van der Waals surface area contributed by atoms with Crippen LogP contribution in [-0.4, -0.2) is 16.5 Å². The molecular formula is C5H8N6. The number of H-pyrrole nitrogens is 1. The highest BCUT2D eigenvalue weighted by molar-refractivity contribution is 4.94. The normalized spacial score (nSPS) is 8.73. The second-order valence-electron chi connectivity index (χ2n) is 1.92. The largest absolute Gasteiger partial charge is 0.348 e. The van der Waals surface area contributed by atoms with Crippen molar-refractivity contribution in [1.29, 1.82) is 0 Å². The Morgan fingerprint density at radius 2 is 2.73 bits per heavy atom. The van der Waals surface area contributed by atoms with E-state index in [2.05, 4.69) is 25.5 Å². The number of nitrogens with zero attached hydrogens (tertiary/aromatic N) is 4. The third-order valence-electron chi connectivity index (χ3n) is 1.18. The van der Waals surface area contributed by atoms with E-state index in [-0.39, 0.29) is 0 Å². The molecular weight excluding hydrogens is 144 g/mol. The summed E-state index contributed by atoms with van der Waals surface area (Å²) in [6.07, 6.45) is 4.12. The lowest BCUT2D eigenvalue weighted by Gasteiger charge is -1.91. The van der Waals surface area contributed by atoms with E-state index in [0.717, 1.165) is 12.1 Å². The topological polar surface area (TPSA) is 89.5 Å². The molecule has 58 valence electrons. The molecule has 1 aromatic rings. The van der Waals surface area contributed by atoms with Crippen LogP contribution in [0.1, 0.15) is 5.69 Å². The molecule has 11 heavy (non-hydrogen) atoms. The standard InChI is InChI=1S/C5H8N6/c6-10-11-9-2-1-5-3-7-4-8-5/h3-4,9H,1-2H2,(H,7,8). The zero-order valence-corrected chi connectivity index (χ0v) is 5.86. The Bertz CT molecular complexity index is 233. The lowest BCUT2D eigenvalue weighted by molar-refractivity contribution is 0.714. The first-order chi connectivity index (χ1) is 5.43. The lowest BCUT2D eigenvalue weighted by Crippen LogP contribution is -2.08. The van der Waals surface area contributed by atoms with Crippen molar-refractivity contribution in [2.24, 2.45) is 5.22 Å². The van der Waals surface area contributed by atoms with Crippen LogP contribution in [0.4, 0.5) is 0 Å². The Morgan fingerprint density at radius 1 is 1.82 bits per heavy atom. The average Bonchev–Trinajstić information content (AvgIpc) is 2.50. The van der Waals surface area contributed by atoms with Gasteiger partial charge in [0.2, 0.25) is 0 Å². The Balaban J connectivity index is 2.18. The van der Waals surface area contributed by atoms with E-state index in [1.165, 1.54) is 0 Å². The van der Waals surface area contributed by atoms with Crippen molar-refractivity contribution in [1.82, 2.24) is 15.4 Å². The van der Waals surface area contributed by atoms with Gasteiger partial charge in [-0.1, -0.05) is 0 Å². The van der Waals surface area contributed by atoms with E-state index in [4.69, 9.17) is 5.53 Å². The molecule has 1 rings (SSSR count). The third-order valence-corrected chi connectivity index (χ3v) is 1.18. The zero-order valence-electron chi connectivity index (χ0n) is 5.86. The fraction of sp³-hybridized carbons (Fsp3) is 0.400. The highest BCUT2D eigenvalue weighted by atomic mass is 15.4. The van der Waals surface area contributed by atoms with Gasteiger partial charge in [0.1, 0.15) is 0 Å². The molecule has 1 heterocycles. The summed E-state index contributed by atoms with van der Waals surface area (Å²) in [7, 11) is 0. The highest BCUT2D eigenvalue weighted by Crippen LogP contribution is 1.89. The molecule has 0 amide bonds. The molecule has 0 aliphatic carbocycles. The molecule has 0 saturated heterocycles. The molecule has 0 saturated carbocycles. The van der Waals surface area contributed by atoms with Crippen molar-refractivity contribution < 1.29 is 0 Å². The van der Waals surface area contributed by atoms with Crippen LogP contribution < -0.4 is 5.43 Å². The van der Waals surface area contributed by atoms with Gasteiger partial charge >= 0.3 is 0 Å². The molecule has 0 aromatic carbocycles. The molecule has 0 aliphatic rings. The Hall–Kier alpha value is -1.68. The summed E-state index contributed by atoms with van der Waals surface area (Å²) < 4.78 is 0. The molecule has 0 radical (unpaired) electrons. The van der Waals surface area contributed by atoms with Gasteiger partial charge in [0.15, 0.2) is 0 Å². The predicted molar refractivity (Wildman–Crippen MR) is 39.4 cm³/mol. The minimum Gasteiger partial charge on any atom is -0.348 e. The van der Waals surface area contributed by atoms with Gasteiger partial charge in [-0.25, -0.2) is 4.98 Å². The van der Waals surface area contributed by atoms with Crippen molar-refractivity contribution in [3.63, 3.8) is 0 Å². The first-order valence-electron chi connectivity index (χ1n) is 3.17. The van der Waals surface area contributed by atoms with Gasteiger partial charge in [-0.3, -0.25) is 5.43 Å². The van der Waals surface area contributed by atoms with Crippen LogP contribution >= 0.6 is 0 Å². The van der Waals surface area contributed by atoms with Crippen molar-refractivity contribution in [2.75, 3.05) is 6.54 Å². The summed E-state index contributed by atoms with van der Waals surface area (Å²) in [6.45, 7) is 0.617. The fourth-order valence-corrected chi connectivity index (χ4v) is 0.694. The Kier molecular flexibility index (Phi) is 2.83. The molecule has 6 heteroatoms. The summed E-state index contributed by atoms with van der Waals surface area (Å²) >= 11 is 0. The van der Waals surface area contributed by atoms with Crippen LogP contribution in [0.5, 0.6) is 0 Å². The van der Waals surface area contributed by atoms with Gasteiger partial charge < -0.3 is 4.98 Å². The van der Waals surface area contributed by atoms with Gasteiger partial charge in [-0.05, 0) is 5.22 Å². The lowest BCUT2D eigenvalue weighted by atomic mass is 10.3. The fourth-order valence-electron chi connectivity index (χ4n) is 0.694. The van der Waals surface area contributed by atoms with E-state index < -0.39 is 0 Å². The number of aromatic nitrogens is 2. The number of aromatic amines is 1. The summed E-state index contributed by atoms with van der Waals surface area (Å²) in [6, 6.07) is 0. The molecule has 6 nitrogen and oxygen atoms in total. The van der Waals surface area contributed by atoms with E-state index in [1.807, 2.05) is 0 Å². The van der Waals surface area contributed by atoms with Crippen molar-refractivity contribution >= 4 is 0 Å². The molecule has 0 bridgehead atoms. The van der Waals surface area contributed by atoms with Gasteiger partial charge in [0.05, 0.1) is 12.9 Å². The molecule has 0 spiro atoms. The summed E-state index contributed by atoms with van der Waals surface area (Å²) in [5.74, 6) is 0. The maximum Gasteiger partial charge on any atom is 0.0921 e. The number of imidazole rings is 1. The average molecular weight is 152 g/mol. The SMILES string of the molecule is [N-]=[N+]=NNCCc1cnc[nH]1. The molecule has 0 unspecified atom stereocenters. The van der Waals surface area contributed by atoms with Crippen LogP contribution in [-0.2, 0) is 6.42 Å². The maximum atomic E-state index is 7.90. The second kappa shape index (κ2) is 4.19. The molecule has 0 fully saturated rings. The minimum atomic E-state index is 0.617. The van der Waals surface area contributed by atoms with Crippen molar-refractivity contribution in [2.45, 2.75) is 6.42 Å². The number of rotatable bonds is 4. The van der Waals surface area contributed by atoms with Gasteiger partial charge in [-0.15, -0.1) is 5.53 Å². The van der Waals surface area contributed by atoms with Crippen LogP contribution in [0.3, 0.4) is 0 Å². The Morgan fingerprint density at radius 3 is 3.36 bits per heavy atom. The summed E-state index contributed by atoms with van der Waals surface area (Å²) in [5.41, 5.74) is 11.5. The quantitative estimate of drug-likeness (QED) is 0.219. The van der Waals surface area contributed by atoms with Crippen LogP contribution in [0.25, 0.3) is 10.4 Å². The van der Waals surface area contributed by atoms with E-state index >= 15 is 0 Å². The Labute approximate surface area is 63.2 Å². The number of nitrogens with one attached hydrogen (secondary N) is 2. The van der Waals surface area contributed by atoms with Crippen LogP contribution in [0.2, 0.25) is 0 Å². The first-order valence-corrected chi connectivity index (χ1v) is 3.17. The maximum absolute atomic E-state index is 7.90. The van der Waals surface area contributed by atoms with Gasteiger partial charge in [0, 0.05) is 18.3 Å². The minimum absolute atomic E-state index is 0.617. The predicted octanol–water partition coefficient (Wildman–Crippen LogP) is 0.767. The smallest absolute Gasteiger partial charge is 0.0921 e. The number of hydrogen-bond donors (Lipinski definition) is 2. The van der Waals surface area contributed by atoms with Gasteiger partial charge in [0.25, 0.3) is 0 Å². The summed E-state index contributed by atoms with van der Waals surface area (Å²) in [5, 5.41) is 3.17. The van der Waals surface area contributed by atoms with Crippen molar-refractivity contribution in [3.8, 4) is 0 Å². The van der Waals surface area contributed by atoms with Crippen LogP contribution in [0.15, 0.2) is 17.7 Å². The number of hydrogen-bond acceptors (Lipinski definition) is 2. The summed E-state index contributed by atoms with van der Waals surface area (Å²) in [4.78, 5) is 9.31. The van der Waals surface area contributed by atoms with Crippen LogP contribution in [0, 0.1) is 0 Å². The first kappa shape index (κ1) is 7.43. The van der Waals surface area contributed by atoms with E-state index in [0.29, 0.717) is 6.54 Å². The zero-order chi connectivity index (χ0) is 7.94. The number of azide groups is 1. The molecule has 0 aliphatic heterocycles. The van der Waals surface area contributed by atoms with Gasteiger partial charge in [-0.2, -0.15) is 4.91 Å². The highest BCUT2D eigenvalue weighted by Gasteiger charge is 1.92. The van der Waals surface area contributed by atoms with Crippen molar-refractivity contribution in [3.05, 3.63) is 28.7 Å². The van der Waals surface area contributed by atoms with E-state index in [1.54, 1.807) is 12.5 Å².